The molecule has 0 heterocycles. The number of hydrogen-bond donors (Lipinski definition) is 2. The summed E-state index contributed by atoms with van der Waals surface area (Å²) in [4.78, 5) is 35.8. The third kappa shape index (κ3) is 9.09. The van der Waals surface area contributed by atoms with Crippen LogP contribution in [0.5, 0.6) is 0 Å². The Morgan fingerprint density at radius 3 is 2.24 bits per heavy atom. The molecule has 0 aliphatic heterocycles. The summed E-state index contributed by atoms with van der Waals surface area (Å²) < 4.78 is 10.4. The molecule has 0 aliphatic carbocycles. The van der Waals surface area contributed by atoms with E-state index in [1.165, 1.54) is 0 Å². The Balaban J connectivity index is 2.30. The summed E-state index contributed by atoms with van der Waals surface area (Å²) in [5.74, 6) is -1.32. The Hall–Kier alpha value is -2.41. The van der Waals surface area contributed by atoms with Crippen LogP contribution < -0.4 is 5.32 Å². The first-order valence-electron chi connectivity index (χ1n) is 9.76. The number of aliphatic hydroxyl groups is 1. The number of aliphatic hydroxyl groups excluding tert-OH is 1. The summed E-state index contributed by atoms with van der Waals surface area (Å²) in [5, 5.41) is 12.9. The van der Waals surface area contributed by atoms with Gasteiger partial charge in [-0.15, -0.1) is 0 Å². The van der Waals surface area contributed by atoms with Crippen LogP contribution in [0.25, 0.3) is 0 Å². The minimum Gasteiger partial charge on any atom is -0.465 e. The van der Waals surface area contributed by atoms with Gasteiger partial charge in [-0.2, -0.15) is 0 Å². The molecule has 162 valence electrons. The molecule has 1 rings (SSSR count). The van der Waals surface area contributed by atoms with Gasteiger partial charge in [0.05, 0.1) is 12.0 Å². The van der Waals surface area contributed by atoms with Gasteiger partial charge in [0.15, 0.2) is 0 Å². The minimum atomic E-state index is -1.35. The third-order valence-electron chi connectivity index (χ3n) is 4.28. The monoisotopic (exact) mass is 407 g/mol. The number of amides is 1. The van der Waals surface area contributed by atoms with E-state index in [4.69, 9.17) is 9.47 Å². The van der Waals surface area contributed by atoms with Crippen molar-refractivity contribution in [2.24, 2.45) is 10.8 Å². The van der Waals surface area contributed by atoms with E-state index < -0.39 is 28.8 Å². The second-order valence-electron chi connectivity index (χ2n) is 8.76. The summed E-state index contributed by atoms with van der Waals surface area (Å²) in [5.41, 5.74) is -0.690. The van der Waals surface area contributed by atoms with Gasteiger partial charge in [0.1, 0.15) is 12.7 Å². The van der Waals surface area contributed by atoms with E-state index in [1.807, 2.05) is 30.3 Å². The van der Waals surface area contributed by atoms with E-state index in [1.54, 1.807) is 34.6 Å². The van der Waals surface area contributed by atoms with Crippen LogP contribution in [0.1, 0.15) is 53.0 Å². The number of hydrogen-bond acceptors (Lipinski definition) is 6. The van der Waals surface area contributed by atoms with Crippen LogP contribution in [0.3, 0.4) is 0 Å². The molecule has 2 N–H and O–H groups in total. The van der Waals surface area contributed by atoms with Crippen molar-refractivity contribution in [1.29, 1.82) is 0 Å². The summed E-state index contributed by atoms with van der Waals surface area (Å²) >= 11 is 0. The number of rotatable bonds is 10. The van der Waals surface area contributed by atoms with Crippen molar-refractivity contribution in [3.05, 3.63) is 35.9 Å². The van der Waals surface area contributed by atoms with Crippen molar-refractivity contribution in [3.63, 3.8) is 0 Å². The molecule has 7 nitrogen and oxygen atoms in total. The Kier molecular flexibility index (Phi) is 9.30. The van der Waals surface area contributed by atoms with Crippen LogP contribution >= 0.6 is 0 Å². The van der Waals surface area contributed by atoms with Crippen molar-refractivity contribution < 1.29 is 29.0 Å². The van der Waals surface area contributed by atoms with E-state index in [2.05, 4.69) is 5.32 Å². The van der Waals surface area contributed by atoms with E-state index in [0.717, 1.165) is 5.56 Å². The molecule has 7 heteroatoms. The average molecular weight is 408 g/mol. The maximum Gasteiger partial charge on any atom is 0.311 e. The summed E-state index contributed by atoms with van der Waals surface area (Å²) in [6, 6.07) is 9.37. The molecule has 1 aromatic rings. The van der Waals surface area contributed by atoms with Crippen molar-refractivity contribution in [2.45, 2.75) is 60.2 Å². The molecule has 0 fully saturated rings. The van der Waals surface area contributed by atoms with Gasteiger partial charge in [0.25, 0.3) is 0 Å². The van der Waals surface area contributed by atoms with Gasteiger partial charge in [0, 0.05) is 18.4 Å². The van der Waals surface area contributed by atoms with E-state index >= 15 is 0 Å². The summed E-state index contributed by atoms with van der Waals surface area (Å²) in [7, 11) is 0. The first-order valence-corrected chi connectivity index (χ1v) is 9.76. The fourth-order valence-electron chi connectivity index (χ4n) is 2.25. The molecule has 1 atom stereocenters. The van der Waals surface area contributed by atoms with Crippen LogP contribution in [-0.2, 0) is 30.5 Å². The SMILES string of the molecule is CC(C)(C)C(=O)OCC(C)(C)C(O)C(=O)NCCCC(=O)OCc1ccccc1. The van der Waals surface area contributed by atoms with Crippen LogP contribution in [0, 0.1) is 10.8 Å². The zero-order valence-electron chi connectivity index (χ0n) is 18.0. The molecule has 0 aliphatic rings. The molecule has 0 bridgehead atoms. The standard InChI is InChI=1S/C22H33NO6/c1-21(2,3)20(27)29-15-22(4,5)18(25)19(26)23-13-9-12-17(24)28-14-16-10-7-6-8-11-16/h6-8,10-11,18,25H,9,12-15H2,1-5H3,(H,23,26). The highest BCUT2D eigenvalue weighted by Gasteiger charge is 2.36. The third-order valence-corrected chi connectivity index (χ3v) is 4.28. The lowest BCUT2D eigenvalue weighted by Crippen LogP contribution is -2.46. The highest BCUT2D eigenvalue weighted by Crippen LogP contribution is 2.24. The van der Waals surface area contributed by atoms with Gasteiger partial charge in [-0.1, -0.05) is 44.2 Å². The van der Waals surface area contributed by atoms with Gasteiger partial charge < -0.3 is 19.9 Å². The number of nitrogens with one attached hydrogen (secondary N) is 1. The van der Waals surface area contributed by atoms with Crippen molar-refractivity contribution in [2.75, 3.05) is 13.2 Å². The first-order chi connectivity index (χ1) is 13.4. The lowest BCUT2D eigenvalue weighted by Gasteiger charge is -2.30. The zero-order chi connectivity index (χ0) is 22.1. The number of esters is 2. The Morgan fingerprint density at radius 1 is 1.03 bits per heavy atom. The highest BCUT2D eigenvalue weighted by molar-refractivity contribution is 5.81. The van der Waals surface area contributed by atoms with Gasteiger partial charge >= 0.3 is 11.9 Å². The van der Waals surface area contributed by atoms with Crippen LogP contribution in [0.15, 0.2) is 30.3 Å². The van der Waals surface area contributed by atoms with E-state index in [0.29, 0.717) is 6.42 Å². The number of carbonyl (C=O) groups excluding carboxylic acids is 3. The topological polar surface area (TPSA) is 102 Å². The van der Waals surface area contributed by atoms with Crippen molar-refractivity contribution in [3.8, 4) is 0 Å². The highest BCUT2D eigenvalue weighted by atomic mass is 16.5. The van der Waals surface area contributed by atoms with Crippen LogP contribution in [-0.4, -0.2) is 42.2 Å². The quantitative estimate of drug-likeness (QED) is 0.457. The smallest absolute Gasteiger partial charge is 0.311 e. The molecular formula is C22H33NO6. The Morgan fingerprint density at radius 2 is 1.66 bits per heavy atom. The summed E-state index contributed by atoms with van der Waals surface area (Å²) in [6.45, 7) is 8.86. The maximum absolute atomic E-state index is 12.2. The molecule has 1 unspecified atom stereocenters. The first kappa shape index (κ1) is 24.6. The molecule has 1 aromatic carbocycles. The fraction of sp³-hybridized carbons (Fsp3) is 0.591. The molecule has 0 radical (unpaired) electrons. The molecular weight excluding hydrogens is 374 g/mol. The predicted molar refractivity (Wildman–Crippen MR) is 109 cm³/mol. The van der Waals surface area contributed by atoms with Gasteiger partial charge in [-0.05, 0) is 32.8 Å². The Labute approximate surface area is 172 Å². The minimum absolute atomic E-state index is 0.0799. The second-order valence-corrected chi connectivity index (χ2v) is 8.76. The number of benzene rings is 1. The summed E-state index contributed by atoms with van der Waals surface area (Å²) in [6.07, 6.45) is -0.790. The van der Waals surface area contributed by atoms with Crippen LogP contribution in [0.2, 0.25) is 0 Å². The molecule has 1 amide bonds. The van der Waals surface area contributed by atoms with E-state index in [-0.39, 0.29) is 32.1 Å². The normalized spacial score (nSPS) is 12.8. The average Bonchev–Trinajstić information content (AvgIpc) is 2.67. The maximum atomic E-state index is 12.2. The van der Waals surface area contributed by atoms with Crippen LogP contribution in [0.4, 0.5) is 0 Å². The predicted octanol–water partition coefficient (Wildman–Crippen LogP) is 2.60. The lowest BCUT2D eigenvalue weighted by atomic mass is 9.86. The Bertz CT molecular complexity index is 678. The molecule has 0 aromatic heterocycles. The van der Waals surface area contributed by atoms with Gasteiger partial charge in [-0.3, -0.25) is 14.4 Å². The van der Waals surface area contributed by atoms with Crippen molar-refractivity contribution in [1.82, 2.24) is 5.32 Å². The fourth-order valence-corrected chi connectivity index (χ4v) is 2.25. The second kappa shape index (κ2) is 11.0. The molecule has 0 saturated carbocycles. The molecule has 29 heavy (non-hydrogen) atoms. The number of carbonyl (C=O) groups is 3. The van der Waals surface area contributed by atoms with Gasteiger partial charge in [-0.25, -0.2) is 0 Å². The largest absolute Gasteiger partial charge is 0.465 e. The van der Waals surface area contributed by atoms with Gasteiger partial charge in [0.2, 0.25) is 5.91 Å². The van der Waals surface area contributed by atoms with Crippen molar-refractivity contribution >= 4 is 17.8 Å². The molecule has 0 saturated heterocycles. The molecule has 0 spiro atoms. The zero-order valence-corrected chi connectivity index (χ0v) is 18.0. The van der Waals surface area contributed by atoms with E-state index in [9.17, 15) is 19.5 Å². The lowest BCUT2D eigenvalue weighted by molar-refractivity contribution is -0.160. The number of ether oxygens (including phenoxy) is 2.